The number of hydrogen-bond donors (Lipinski definition) is 1. The lowest BCUT2D eigenvalue weighted by atomic mass is 9.94. The predicted octanol–water partition coefficient (Wildman–Crippen LogP) is 2.77. The van der Waals surface area contributed by atoms with E-state index in [9.17, 15) is 12.8 Å². The Balaban J connectivity index is 1.70. The summed E-state index contributed by atoms with van der Waals surface area (Å²) in [4.78, 5) is 5.93. The number of anilines is 2. The number of sulfonamides is 1. The molecule has 1 N–H and O–H groups in total. The van der Waals surface area contributed by atoms with Crippen LogP contribution in [-0.4, -0.2) is 47.5 Å². The van der Waals surface area contributed by atoms with Crippen molar-refractivity contribution in [2.75, 3.05) is 29.0 Å². The zero-order valence-electron chi connectivity index (χ0n) is 16.8. The van der Waals surface area contributed by atoms with Gasteiger partial charge in [-0.05, 0) is 31.0 Å². The van der Waals surface area contributed by atoms with E-state index in [-0.39, 0.29) is 0 Å². The van der Waals surface area contributed by atoms with Crippen molar-refractivity contribution in [1.82, 2.24) is 19.7 Å². The zero-order chi connectivity index (χ0) is 21.3. The van der Waals surface area contributed by atoms with E-state index in [2.05, 4.69) is 24.8 Å². The van der Waals surface area contributed by atoms with E-state index in [4.69, 9.17) is 0 Å². The van der Waals surface area contributed by atoms with E-state index >= 15 is 0 Å². The first-order valence-electron chi connectivity index (χ1n) is 9.63. The minimum atomic E-state index is -3.47. The molecule has 158 valence electrons. The van der Waals surface area contributed by atoms with E-state index in [1.54, 1.807) is 24.5 Å². The number of aryl methyl sites for hydroxylation is 1. The van der Waals surface area contributed by atoms with E-state index in [0.29, 0.717) is 11.6 Å². The van der Waals surface area contributed by atoms with E-state index < -0.39 is 16.0 Å². The SMILES string of the molecule is Cn1cnnc1C1CCN(c2c(NS(C)(=O)=O)cccc2-c2ccc(F)nc2)CC1. The van der Waals surface area contributed by atoms with Crippen molar-refractivity contribution in [3.63, 3.8) is 0 Å². The molecule has 0 spiro atoms. The van der Waals surface area contributed by atoms with Crippen LogP contribution in [0.4, 0.5) is 15.8 Å². The lowest BCUT2D eigenvalue weighted by Crippen LogP contribution is -2.34. The van der Waals surface area contributed by atoms with Gasteiger partial charge in [0.05, 0.1) is 17.6 Å². The standard InChI is InChI=1S/C20H23FN6O2S/c1-26-13-23-24-20(26)14-8-10-27(11-9-14)19-16(15-6-7-18(21)22-12-15)4-3-5-17(19)25-30(2,28)29/h3-7,12-14,25H,8-11H2,1-2H3. The molecule has 1 saturated heterocycles. The zero-order valence-corrected chi connectivity index (χ0v) is 17.6. The van der Waals surface area contributed by atoms with Gasteiger partial charge in [0.2, 0.25) is 16.0 Å². The monoisotopic (exact) mass is 430 g/mol. The minimum absolute atomic E-state index is 0.291. The number of halogens is 1. The molecule has 3 heterocycles. The molecular formula is C20H23FN6O2S. The average molecular weight is 431 g/mol. The van der Waals surface area contributed by atoms with Crippen LogP contribution in [0, 0.1) is 5.95 Å². The number of nitrogens with zero attached hydrogens (tertiary/aromatic N) is 5. The minimum Gasteiger partial charge on any atom is -0.369 e. The fourth-order valence-corrected chi connectivity index (χ4v) is 4.52. The Kier molecular flexibility index (Phi) is 5.42. The summed E-state index contributed by atoms with van der Waals surface area (Å²) in [6.07, 6.45) is 6.02. The molecule has 1 fully saturated rings. The number of pyridine rings is 1. The molecule has 0 atom stereocenters. The molecule has 1 aliphatic heterocycles. The summed E-state index contributed by atoms with van der Waals surface area (Å²) in [6.45, 7) is 1.45. The highest BCUT2D eigenvalue weighted by Crippen LogP contribution is 2.40. The van der Waals surface area contributed by atoms with Gasteiger partial charge in [-0.3, -0.25) is 4.72 Å². The Bertz CT molecular complexity index is 1140. The summed E-state index contributed by atoms with van der Waals surface area (Å²) in [7, 11) is -1.53. The molecule has 1 aromatic carbocycles. The lowest BCUT2D eigenvalue weighted by Gasteiger charge is -2.35. The lowest BCUT2D eigenvalue weighted by molar-refractivity contribution is 0.474. The fraction of sp³-hybridized carbons (Fsp3) is 0.350. The summed E-state index contributed by atoms with van der Waals surface area (Å²) in [5, 5.41) is 8.21. The smallest absolute Gasteiger partial charge is 0.229 e. The van der Waals surface area contributed by atoms with Crippen LogP contribution in [0.1, 0.15) is 24.6 Å². The number of rotatable bonds is 5. The topological polar surface area (TPSA) is 93.0 Å². The molecule has 4 rings (SSSR count). The van der Waals surface area contributed by atoms with Crippen molar-refractivity contribution in [2.24, 2.45) is 7.05 Å². The van der Waals surface area contributed by atoms with Crippen LogP contribution in [0.25, 0.3) is 11.1 Å². The van der Waals surface area contributed by atoms with Gasteiger partial charge in [0.1, 0.15) is 12.2 Å². The predicted molar refractivity (Wildman–Crippen MR) is 113 cm³/mol. The van der Waals surface area contributed by atoms with Gasteiger partial charge in [-0.15, -0.1) is 10.2 Å². The number of benzene rings is 1. The second-order valence-corrected chi connectivity index (χ2v) is 9.26. The van der Waals surface area contributed by atoms with Gasteiger partial charge in [0.25, 0.3) is 0 Å². The Hall–Kier alpha value is -3.01. The van der Waals surface area contributed by atoms with Crippen molar-refractivity contribution in [3.05, 3.63) is 54.6 Å². The summed E-state index contributed by atoms with van der Waals surface area (Å²) in [5.74, 6) is 0.690. The largest absolute Gasteiger partial charge is 0.369 e. The quantitative estimate of drug-likeness (QED) is 0.626. The molecule has 3 aromatic rings. The van der Waals surface area contributed by atoms with Crippen molar-refractivity contribution in [2.45, 2.75) is 18.8 Å². The molecule has 0 radical (unpaired) electrons. The maximum Gasteiger partial charge on any atom is 0.229 e. The van der Waals surface area contributed by atoms with E-state index in [1.165, 1.54) is 12.3 Å². The number of hydrogen-bond acceptors (Lipinski definition) is 6. The third-order valence-electron chi connectivity index (χ3n) is 5.29. The van der Waals surface area contributed by atoms with Crippen LogP contribution in [0.5, 0.6) is 0 Å². The number of nitrogens with one attached hydrogen (secondary N) is 1. The highest BCUT2D eigenvalue weighted by atomic mass is 32.2. The van der Waals surface area contributed by atoms with Crippen LogP contribution < -0.4 is 9.62 Å². The first-order chi connectivity index (χ1) is 14.3. The van der Waals surface area contributed by atoms with Crippen LogP contribution >= 0.6 is 0 Å². The van der Waals surface area contributed by atoms with E-state index in [0.717, 1.165) is 54.8 Å². The van der Waals surface area contributed by atoms with Gasteiger partial charge in [0.15, 0.2) is 0 Å². The first-order valence-corrected chi connectivity index (χ1v) is 11.5. The molecule has 2 aromatic heterocycles. The van der Waals surface area contributed by atoms with Gasteiger partial charge in [-0.2, -0.15) is 4.39 Å². The maximum absolute atomic E-state index is 13.3. The highest BCUT2D eigenvalue weighted by molar-refractivity contribution is 7.92. The van der Waals surface area contributed by atoms with E-state index in [1.807, 2.05) is 17.7 Å². The Morgan fingerprint density at radius 2 is 1.93 bits per heavy atom. The normalized spacial score (nSPS) is 15.4. The van der Waals surface area contributed by atoms with Crippen molar-refractivity contribution in [1.29, 1.82) is 0 Å². The summed E-state index contributed by atoms with van der Waals surface area (Å²) >= 11 is 0. The summed E-state index contributed by atoms with van der Waals surface area (Å²) in [6, 6.07) is 8.37. The first kappa shape index (κ1) is 20.3. The van der Waals surface area contributed by atoms with Crippen LogP contribution in [0.15, 0.2) is 42.9 Å². The highest BCUT2D eigenvalue weighted by Gasteiger charge is 2.27. The Labute approximate surface area is 174 Å². The van der Waals surface area contributed by atoms with Gasteiger partial charge in [0, 0.05) is 43.4 Å². The second kappa shape index (κ2) is 8.02. The van der Waals surface area contributed by atoms with Crippen LogP contribution in [0.2, 0.25) is 0 Å². The third kappa shape index (κ3) is 4.28. The fourth-order valence-electron chi connectivity index (χ4n) is 3.96. The molecule has 0 amide bonds. The molecule has 30 heavy (non-hydrogen) atoms. The van der Waals surface area contributed by atoms with Gasteiger partial charge in [-0.25, -0.2) is 13.4 Å². The van der Waals surface area contributed by atoms with Crippen LogP contribution in [-0.2, 0) is 17.1 Å². The molecule has 0 bridgehead atoms. The molecule has 0 saturated carbocycles. The van der Waals surface area contributed by atoms with Gasteiger partial charge in [-0.1, -0.05) is 12.1 Å². The number of piperidine rings is 1. The Morgan fingerprint density at radius 1 is 1.17 bits per heavy atom. The van der Waals surface area contributed by atoms with Gasteiger partial charge < -0.3 is 9.47 Å². The molecular weight excluding hydrogens is 407 g/mol. The Morgan fingerprint density at radius 3 is 2.53 bits per heavy atom. The van der Waals surface area contributed by atoms with Crippen molar-refractivity contribution in [3.8, 4) is 11.1 Å². The molecule has 10 heteroatoms. The van der Waals surface area contributed by atoms with Crippen molar-refractivity contribution < 1.29 is 12.8 Å². The van der Waals surface area contributed by atoms with Crippen LogP contribution in [0.3, 0.4) is 0 Å². The van der Waals surface area contributed by atoms with Gasteiger partial charge >= 0.3 is 0 Å². The second-order valence-electron chi connectivity index (χ2n) is 7.51. The number of aromatic nitrogens is 4. The molecule has 1 aliphatic rings. The summed E-state index contributed by atoms with van der Waals surface area (Å²) < 4.78 is 41.8. The molecule has 8 nitrogen and oxygen atoms in total. The van der Waals surface area contributed by atoms with Crippen molar-refractivity contribution >= 4 is 21.4 Å². The average Bonchev–Trinajstić information content (AvgIpc) is 3.13. The summed E-state index contributed by atoms with van der Waals surface area (Å²) in [5.41, 5.74) is 2.79. The number of para-hydroxylation sites is 1. The molecule has 0 aliphatic carbocycles. The molecule has 0 unspecified atom stereocenters. The third-order valence-corrected chi connectivity index (χ3v) is 5.88. The maximum atomic E-state index is 13.3.